The molecule has 0 bridgehead atoms. The zero-order valence-corrected chi connectivity index (χ0v) is 8.43. The average molecular weight is 220 g/mol. The first kappa shape index (κ1) is 9.23. The van der Waals surface area contributed by atoms with E-state index in [1.165, 1.54) is 0 Å². The van der Waals surface area contributed by atoms with E-state index in [0.717, 1.165) is 30.7 Å². The van der Waals surface area contributed by atoms with Crippen LogP contribution < -0.4 is 0 Å². The molecule has 1 heterocycles. The Balaban J connectivity index is 2.28. The molecular formula is C8H14BrNO. The lowest BCUT2D eigenvalue weighted by Crippen LogP contribution is -2.41. The van der Waals surface area contributed by atoms with Crippen LogP contribution in [0.2, 0.25) is 0 Å². The minimum absolute atomic E-state index is 0.371. The normalized spacial score (nSPS) is 26.9. The first-order valence-electron chi connectivity index (χ1n) is 3.85. The Bertz CT molecular complexity index is 149. The third-order valence-corrected chi connectivity index (χ3v) is 1.97. The van der Waals surface area contributed by atoms with Gasteiger partial charge in [-0.3, -0.25) is 4.90 Å². The number of hydrogen-bond acceptors (Lipinski definition) is 2. The van der Waals surface area contributed by atoms with Gasteiger partial charge in [0.25, 0.3) is 0 Å². The molecule has 1 saturated heterocycles. The standard InChI is InChI=1S/C8H14BrNO/c1-7(9)5-10-3-4-11-8(2)6-10/h8H,1,3-6H2,2H3/t8-/m1/s1. The molecule has 1 aliphatic heterocycles. The zero-order chi connectivity index (χ0) is 8.27. The summed E-state index contributed by atoms with van der Waals surface area (Å²) in [4.78, 5) is 2.34. The average Bonchev–Trinajstić information content (AvgIpc) is 1.85. The van der Waals surface area contributed by atoms with Crippen LogP contribution in [0.1, 0.15) is 6.92 Å². The maximum absolute atomic E-state index is 5.40. The second-order valence-electron chi connectivity index (χ2n) is 2.93. The molecule has 2 nitrogen and oxygen atoms in total. The summed E-state index contributed by atoms with van der Waals surface area (Å²) in [5.41, 5.74) is 0. The molecule has 0 amide bonds. The predicted octanol–water partition coefficient (Wildman–Crippen LogP) is 1.62. The third-order valence-electron chi connectivity index (χ3n) is 1.72. The highest BCUT2D eigenvalue weighted by molar-refractivity contribution is 9.11. The zero-order valence-electron chi connectivity index (χ0n) is 6.85. The lowest BCUT2D eigenvalue weighted by Gasteiger charge is -2.30. The van der Waals surface area contributed by atoms with Crippen molar-refractivity contribution in [2.45, 2.75) is 13.0 Å². The fourth-order valence-electron chi connectivity index (χ4n) is 1.28. The molecule has 0 saturated carbocycles. The monoisotopic (exact) mass is 219 g/mol. The summed E-state index contributed by atoms with van der Waals surface area (Å²) < 4.78 is 6.45. The molecule has 0 N–H and O–H groups in total. The smallest absolute Gasteiger partial charge is 0.0674 e. The molecule has 0 spiro atoms. The Morgan fingerprint density at radius 2 is 2.55 bits per heavy atom. The predicted molar refractivity (Wildman–Crippen MR) is 49.9 cm³/mol. The van der Waals surface area contributed by atoms with Crippen molar-refractivity contribution in [3.63, 3.8) is 0 Å². The van der Waals surface area contributed by atoms with Crippen molar-refractivity contribution in [2.75, 3.05) is 26.2 Å². The number of halogens is 1. The summed E-state index contributed by atoms with van der Waals surface area (Å²) in [6.45, 7) is 9.74. The van der Waals surface area contributed by atoms with Gasteiger partial charge in [-0.25, -0.2) is 0 Å². The minimum Gasteiger partial charge on any atom is -0.376 e. The maximum Gasteiger partial charge on any atom is 0.0674 e. The lowest BCUT2D eigenvalue weighted by atomic mass is 10.3. The molecule has 3 heteroatoms. The minimum atomic E-state index is 0.371. The quantitative estimate of drug-likeness (QED) is 0.701. The second-order valence-corrected chi connectivity index (χ2v) is 4.06. The molecule has 0 aromatic carbocycles. The van der Waals surface area contributed by atoms with Crippen molar-refractivity contribution in [3.8, 4) is 0 Å². The van der Waals surface area contributed by atoms with Gasteiger partial charge in [-0.05, 0) is 6.92 Å². The Morgan fingerprint density at radius 3 is 3.09 bits per heavy atom. The van der Waals surface area contributed by atoms with E-state index in [2.05, 4.69) is 34.3 Å². The molecule has 0 aromatic heterocycles. The van der Waals surface area contributed by atoms with Crippen molar-refractivity contribution < 1.29 is 4.74 Å². The first-order valence-corrected chi connectivity index (χ1v) is 4.65. The van der Waals surface area contributed by atoms with Gasteiger partial charge in [0.15, 0.2) is 0 Å². The topological polar surface area (TPSA) is 12.5 Å². The molecule has 0 unspecified atom stereocenters. The summed E-state index contributed by atoms with van der Waals surface area (Å²) in [6, 6.07) is 0. The van der Waals surface area contributed by atoms with Crippen LogP contribution in [0.4, 0.5) is 0 Å². The van der Waals surface area contributed by atoms with Gasteiger partial charge in [0, 0.05) is 24.1 Å². The van der Waals surface area contributed by atoms with Crippen LogP contribution >= 0.6 is 15.9 Å². The fraction of sp³-hybridized carbons (Fsp3) is 0.750. The van der Waals surface area contributed by atoms with Crippen molar-refractivity contribution >= 4 is 15.9 Å². The van der Waals surface area contributed by atoms with Gasteiger partial charge in [-0.2, -0.15) is 0 Å². The van der Waals surface area contributed by atoms with Crippen LogP contribution in [-0.2, 0) is 4.74 Å². The molecular weight excluding hydrogens is 206 g/mol. The van der Waals surface area contributed by atoms with Crippen molar-refractivity contribution in [1.82, 2.24) is 4.90 Å². The van der Waals surface area contributed by atoms with Gasteiger partial charge in [0.2, 0.25) is 0 Å². The summed E-state index contributed by atoms with van der Waals surface area (Å²) in [5.74, 6) is 0. The Morgan fingerprint density at radius 1 is 1.82 bits per heavy atom. The summed E-state index contributed by atoms with van der Waals surface area (Å²) in [5, 5.41) is 0. The van der Waals surface area contributed by atoms with E-state index in [4.69, 9.17) is 4.74 Å². The molecule has 1 aliphatic rings. The largest absolute Gasteiger partial charge is 0.376 e. The number of morpholine rings is 1. The van der Waals surface area contributed by atoms with Gasteiger partial charge in [0.1, 0.15) is 0 Å². The Kier molecular flexibility index (Phi) is 3.55. The van der Waals surface area contributed by atoms with Crippen LogP contribution in [0.3, 0.4) is 0 Å². The molecule has 0 aromatic rings. The lowest BCUT2D eigenvalue weighted by molar-refractivity contribution is -0.0142. The number of ether oxygens (including phenoxy) is 1. The van der Waals surface area contributed by atoms with Gasteiger partial charge in [-0.15, -0.1) is 0 Å². The van der Waals surface area contributed by atoms with Gasteiger partial charge < -0.3 is 4.74 Å². The van der Waals surface area contributed by atoms with E-state index in [-0.39, 0.29) is 0 Å². The number of rotatable bonds is 2. The van der Waals surface area contributed by atoms with E-state index in [1.54, 1.807) is 0 Å². The van der Waals surface area contributed by atoms with Crippen LogP contribution in [0.15, 0.2) is 11.1 Å². The van der Waals surface area contributed by atoms with Crippen LogP contribution in [0.25, 0.3) is 0 Å². The third kappa shape index (κ3) is 3.36. The van der Waals surface area contributed by atoms with Crippen molar-refractivity contribution in [2.24, 2.45) is 0 Å². The van der Waals surface area contributed by atoms with E-state index < -0.39 is 0 Å². The van der Waals surface area contributed by atoms with Gasteiger partial charge in [-0.1, -0.05) is 22.5 Å². The molecule has 64 valence electrons. The van der Waals surface area contributed by atoms with Crippen molar-refractivity contribution in [3.05, 3.63) is 11.1 Å². The Hall–Kier alpha value is 0.140. The van der Waals surface area contributed by atoms with E-state index in [1.807, 2.05) is 0 Å². The number of hydrogen-bond donors (Lipinski definition) is 0. The van der Waals surface area contributed by atoms with Gasteiger partial charge in [0.05, 0.1) is 12.7 Å². The molecule has 11 heavy (non-hydrogen) atoms. The van der Waals surface area contributed by atoms with Crippen LogP contribution in [0.5, 0.6) is 0 Å². The maximum atomic E-state index is 5.40. The van der Waals surface area contributed by atoms with Crippen LogP contribution in [-0.4, -0.2) is 37.2 Å². The highest BCUT2D eigenvalue weighted by atomic mass is 79.9. The second kappa shape index (κ2) is 4.24. The SMILES string of the molecule is C=C(Br)CN1CCO[C@H](C)C1. The molecule has 0 aliphatic carbocycles. The van der Waals surface area contributed by atoms with E-state index in [0.29, 0.717) is 6.10 Å². The Labute approximate surface area is 76.3 Å². The molecule has 1 rings (SSSR count). The fourth-order valence-corrected chi connectivity index (χ4v) is 1.63. The summed E-state index contributed by atoms with van der Waals surface area (Å²) in [6.07, 6.45) is 0.371. The van der Waals surface area contributed by atoms with E-state index in [9.17, 15) is 0 Å². The first-order chi connectivity index (χ1) is 5.18. The molecule has 0 radical (unpaired) electrons. The van der Waals surface area contributed by atoms with Crippen molar-refractivity contribution in [1.29, 1.82) is 0 Å². The number of nitrogens with zero attached hydrogens (tertiary/aromatic N) is 1. The summed E-state index contributed by atoms with van der Waals surface area (Å²) in [7, 11) is 0. The molecule has 1 atom stereocenters. The van der Waals surface area contributed by atoms with E-state index >= 15 is 0 Å². The highest BCUT2D eigenvalue weighted by Crippen LogP contribution is 2.09. The molecule has 1 fully saturated rings. The van der Waals surface area contributed by atoms with Crippen LogP contribution in [0, 0.1) is 0 Å². The summed E-state index contributed by atoms with van der Waals surface area (Å²) >= 11 is 3.35. The van der Waals surface area contributed by atoms with Gasteiger partial charge >= 0.3 is 0 Å². The highest BCUT2D eigenvalue weighted by Gasteiger charge is 2.15.